The van der Waals surface area contributed by atoms with E-state index in [9.17, 15) is 4.79 Å². The molecule has 114 valence electrons. The number of halogens is 1. The minimum absolute atomic E-state index is 0.182. The summed E-state index contributed by atoms with van der Waals surface area (Å²) in [6.07, 6.45) is 0.546. The summed E-state index contributed by atoms with van der Waals surface area (Å²) in [4.78, 5) is 21.2. The van der Waals surface area contributed by atoms with E-state index in [1.54, 1.807) is 30.9 Å². The predicted octanol–water partition coefficient (Wildman–Crippen LogP) is 1.84. The Morgan fingerprint density at radius 2 is 1.90 bits per heavy atom. The van der Waals surface area contributed by atoms with Crippen molar-refractivity contribution in [2.75, 3.05) is 27.4 Å². The van der Waals surface area contributed by atoms with Crippen molar-refractivity contribution in [2.24, 2.45) is 0 Å². The Hall–Kier alpha value is -1.50. The second-order valence-corrected chi connectivity index (χ2v) is 5.02. The molecule has 0 saturated carbocycles. The molecule has 21 heavy (non-hydrogen) atoms. The first-order valence-corrected chi connectivity index (χ1v) is 7.05. The molecule has 0 radical (unpaired) electrons. The summed E-state index contributed by atoms with van der Waals surface area (Å²) >= 11 is 5.96. The van der Waals surface area contributed by atoms with Crippen LogP contribution in [0.25, 0.3) is 11.2 Å². The van der Waals surface area contributed by atoms with Gasteiger partial charge in [0.25, 0.3) is 5.56 Å². The third-order valence-electron chi connectivity index (χ3n) is 3.19. The Morgan fingerprint density at radius 3 is 2.48 bits per heavy atom. The van der Waals surface area contributed by atoms with Gasteiger partial charge in [-0.25, -0.2) is 9.97 Å². The average Bonchev–Trinajstić information content (AvgIpc) is 2.47. The first kappa shape index (κ1) is 15.9. The highest BCUT2D eigenvalue weighted by Crippen LogP contribution is 2.17. The van der Waals surface area contributed by atoms with Crippen LogP contribution in [0, 0.1) is 0 Å². The number of hydrogen-bond acceptors (Lipinski definition) is 5. The molecule has 0 fully saturated rings. The van der Waals surface area contributed by atoms with Gasteiger partial charge in [0.15, 0.2) is 5.65 Å². The molecule has 6 nitrogen and oxygen atoms in total. The molecule has 0 atom stereocenters. The van der Waals surface area contributed by atoms with Gasteiger partial charge in [0.1, 0.15) is 16.4 Å². The van der Waals surface area contributed by atoms with Crippen LogP contribution in [0.15, 0.2) is 16.9 Å². The zero-order chi connectivity index (χ0) is 15.4. The summed E-state index contributed by atoms with van der Waals surface area (Å²) in [6.45, 7) is 2.57. The number of aromatic nitrogens is 3. The number of rotatable bonds is 6. The van der Waals surface area contributed by atoms with Gasteiger partial charge in [-0.15, -0.1) is 0 Å². The van der Waals surface area contributed by atoms with Gasteiger partial charge in [-0.3, -0.25) is 9.36 Å². The molecule has 0 bridgehead atoms. The summed E-state index contributed by atoms with van der Waals surface area (Å²) in [7, 11) is 3.16. The van der Waals surface area contributed by atoms with Gasteiger partial charge in [0, 0.05) is 14.2 Å². The summed E-state index contributed by atoms with van der Waals surface area (Å²) in [5.74, 6) is 0. The number of aryl methyl sites for hydroxylation is 1. The highest BCUT2D eigenvalue weighted by Gasteiger charge is 2.19. The van der Waals surface area contributed by atoms with Gasteiger partial charge in [-0.1, -0.05) is 18.5 Å². The van der Waals surface area contributed by atoms with Gasteiger partial charge in [0.05, 0.1) is 19.3 Å². The maximum absolute atomic E-state index is 12.6. The van der Waals surface area contributed by atoms with Crippen LogP contribution in [0.3, 0.4) is 0 Å². The van der Waals surface area contributed by atoms with E-state index in [2.05, 4.69) is 9.97 Å². The van der Waals surface area contributed by atoms with Gasteiger partial charge >= 0.3 is 0 Å². The van der Waals surface area contributed by atoms with Crippen molar-refractivity contribution in [3.05, 3.63) is 33.3 Å². The lowest BCUT2D eigenvalue weighted by Crippen LogP contribution is -2.33. The maximum atomic E-state index is 12.6. The van der Waals surface area contributed by atoms with E-state index in [0.29, 0.717) is 41.6 Å². The van der Waals surface area contributed by atoms with Crippen LogP contribution >= 0.6 is 11.6 Å². The molecule has 2 aromatic heterocycles. The molecule has 0 aliphatic rings. The topological polar surface area (TPSA) is 66.2 Å². The fraction of sp³-hybridized carbons (Fsp3) is 0.500. The number of nitrogens with zero attached hydrogens (tertiary/aromatic N) is 3. The second kappa shape index (κ2) is 6.98. The first-order valence-electron chi connectivity index (χ1n) is 6.67. The average molecular weight is 312 g/mol. The fourth-order valence-electron chi connectivity index (χ4n) is 2.26. The van der Waals surface area contributed by atoms with E-state index >= 15 is 0 Å². The third kappa shape index (κ3) is 3.23. The normalized spacial score (nSPS) is 11.5. The third-order valence-corrected chi connectivity index (χ3v) is 3.40. The second-order valence-electron chi connectivity index (χ2n) is 4.63. The molecule has 2 rings (SSSR count). The zero-order valence-corrected chi connectivity index (χ0v) is 13.1. The summed E-state index contributed by atoms with van der Waals surface area (Å²) in [5.41, 5.74) is 1.39. The van der Waals surface area contributed by atoms with Crippen LogP contribution in [0.4, 0.5) is 0 Å². The molecule has 2 aromatic rings. The van der Waals surface area contributed by atoms with E-state index in [1.165, 1.54) is 0 Å². The van der Waals surface area contributed by atoms with Crippen LogP contribution in [-0.4, -0.2) is 42.0 Å². The molecule has 0 aromatic carbocycles. The molecule has 0 spiro atoms. The summed E-state index contributed by atoms with van der Waals surface area (Å²) in [6, 6.07) is 3.14. The van der Waals surface area contributed by atoms with Crippen molar-refractivity contribution in [2.45, 2.75) is 19.4 Å². The molecule has 0 amide bonds. The molecule has 0 N–H and O–H groups in total. The molecule has 2 heterocycles. The lowest BCUT2D eigenvalue weighted by atomic mass is 10.2. The van der Waals surface area contributed by atoms with E-state index in [-0.39, 0.29) is 11.6 Å². The van der Waals surface area contributed by atoms with Crippen molar-refractivity contribution >= 4 is 22.8 Å². The lowest BCUT2D eigenvalue weighted by Gasteiger charge is -2.20. The smallest absolute Gasteiger partial charge is 0.274 e. The largest absolute Gasteiger partial charge is 0.382 e. The van der Waals surface area contributed by atoms with Gasteiger partial charge in [0.2, 0.25) is 0 Å². The standard InChI is InChI=1S/C14H18ClN3O3/c1-4-10-14(19)18(9(7-20-2)8-21-3)13-11(16-10)5-6-12(15)17-13/h5-6,9H,4,7-8H2,1-3H3. The summed E-state index contributed by atoms with van der Waals surface area (Å²) < 4.78 is 12.0. The van der Waals surface area contributed by atoms with E-state index in [0.717, 1.165) is 0 Å². The van der Waals surface area contributed by atoms with Crippen LogP contribution in [0.2, 0.25) is 5.15 Å². The van der Waals surface area contributed by atoms with Crippen molar-refractivity contribution in [3.63, 3.8) is 0 Å². The number of methoxy groups -OCH3 is 2. The molecule has 7 heteroatoms. The Labute approximate surface area is 127 Å². The van der Waals surface area contributed by atoms with E-state index in [1.807, 2.05) is 6.92 Å². The van der Waals surface area contributed by atoms with Crippen LogP contribution < -0.4 is 5.56 Å². The zero-order valence-electron chi connectivity index (χ0n) is 12.3. The molecular formula is C14H18ClN3O3. The molecule has 0 aliphatic heterocycles. The Balaban J connectivity index is 2.75. The van der Waals surface area contributed by atoms with Crippen LogP contribution in [-0.2, 0) is 15.9 Å². The predicted molar refractivity (Wildman–Crippen MR) is 81.0 cm³/mol. The molecular weight excluding hydrogens is 294 g/mol. The fourth-order valence-corrected chi connectivity index (χ4v) is 2.40. The Bertz CT molecular complexity index is 681. The van der Waals surface area contributed by atoms with Crippen molar-refractivity contribution in [1.29, 1.82) is 0 Å². The maximum Gasteiger partial charge on any atom is 0.274 e. The molecule has 0 aliphatic carbocycles. The SMILES string of the molecule is CCc1nc2ccc(Cl)nc2n(C(COC)COC)c1=O. The number of ether oxygens (including phenoxy) is 2. The highest BCUT2D eigenvalue weighted by atomic mass is 35.5. The Morgan fingerprint density at radius 1 is 1.24 bits per heavy atom. The van der Waals surface area contributed by atoms with Gasteiger partial charge in [-0.2, -0.15) is 0 Å². The van der Waals surface area contributed by atoms with E-state index < -0.39 is 0 Å². The van der Waals surface area contributed by atoms with Crippen molar-refractivity contribution in [3.8, 4) is 0 Å². The minimum Gasteiger partial charge on any atom is -0.382 e. The van der Waals surface area contributed by atoms with Gasteiger partial charge < -0.3 is 9.47 Å². The number of pyridine rings is 1. The quantitative estimate of drug-likeness (QED) is 0.762. The van der Waals surface area contributed by atoms with Crippen molar-refractivity contribution in [1.82, 2.24) is 14.5 Å². The van der Waals surface area contributed by atoms with Crippen LogP contribution in [0.5, 0.6) is 0 Å². The first-order chi connectivity index (χ1) is 10.1. The highest BCUT2D eigenvalue weighted by molar-refractivity contribution is 6.29. The number of hydrogen-bond donors (Lipinski definition) is 0. The van der Waals surface area contributed by atoms with Crippen LogP contribution in [0.1, 0.15) is 18.7 Å². The monoisotopic (exact) mass is 311 g/mol. The van der Waals surface area contributed by atoms with Crippen molar-refractivity contribution < 1.29 is 9.47 Å². The molecule has 0 unspecified atom stereocenters. The Kier molecular flexibility index (Phi) is 5.27. The summed E-state index contributed by atoms with van der Waals surface area (Å²) in [5, 5.41) is 0.315. The lowest BCUT2D eigenvalue weighted by molar-refractivity contribution is 0.0894. The molecule has 0 saturated heterocycles. The van der Waals surface area contributed by atoms with Gasteiger partial charge in [-0.05, 0) is 18.6 Å². The van der Waals surface area contributed by atoms with E-state index in [4.69, 9.17) is 21.1 Å². The minimum atomic E-state index is -0.283. The number of fused-ring (bicyclic) bond motifs is 1.